The van der Waals surface area contributed by atoms with Crippen molar-refractivity contribution in [2.24, 2.45) is 0 Å². The first kappa shape index (κ1) is 13.0. The molecule has 0 rings (SSSR count). The van der Waals surface area contributed by atoms with Crippen LogP contribution >= 0.6 is 0 Å². The van der Waals surface area contributed by atoms with Crippen LogP contribution < -0.4 is 0 Å². The van der Waals surface area contributed by atoms with E-state index in [2.05, 4.69) is 4.74 Å². The SMILES string of the molecule is CC(=O)OC(C)O.OCCO. The fourth-order valence-electron chi connectivity index (χ4n) is 0.240. The Bertz CT molecular complexity index is 89.0. The fourth-order valence-corrected chi connectivity index (χ4v) is 0.240. The summed E-state index contributed by atoms with van der Waals surface area (Å²) in [6.45, 7) is 2.37. The lowest BCUT2D eigenvalue weighted by Crippen LogP contribution is -2.09. The van der Waals surface area contributed by atoms with Crippen molar-refractivity contribution < 1.29 is 24.9 Å². The van der Waals surface area contributed by atoms with E-state index < -0.39 is 12.3 Å². The molecule has 5 nitrogen and oxygen atoms in total. The van der Waals surface area contributed by atoms with Crippen LogP contribution in [0.2, 0.25) is 0 Å². The third-order valence-electron chi connectivity index (χ3n) is 0.437. The largest absolute Gasteiger partial charge is 0.436 e. The van der Waals surface area contributed by atoms with Crippen molar-refractivity contribution in [3.05, 3.63) is 0 Å². The number of carbonyl (C=O) groups is 1. The van der Waals surface area contributed by atoms with Crippen LogP contribution in [-0.2, 0) is 9.53 Å². The molecule has 3 N–H and O–H groups in total. The van der Waals surface area contributed by atoms with E-state index in [9.17, 15) is 4.79 Å². The molecular weight excluding hydrogens is 152 g/mol. The maximum Gasteiger partial charge on any atom is 0.304 e. The molecule has 0 aliphatic rings. The van der Waals surface area contributed by atoms with Gasteiger partial charge in [0, 0.05) is 6.92 Å². The maximum atomic E-state index is 9.87. The minimum absolute atomic E-state index is 0.125. The number of carbonyl (C=O) groups excluding carboxylic acids is 1. The summed E-state index contributed by atoms with van der Waals surface area (Å²) >= 11 is 0. The molecule has 0 spiro atoms. The number of aliphatic hydroxyl groups is 3. The van der Waals surface area contributed by atoms with E-state index in [1.165, 1.54) is 13.8 Å². The second-order valence-corrected chi connectivity index (χ2v) is 1.66. The predicted molar refractivity (Wildman–Crippen MR) is 37.6 cm³/mol. The Morgan fingerprint density at radius 2 is 1.82 bits per heavy atom. The lowest BCUT2D eigenvalue weighted by Gasteiger charge is -2.00. The van der Waals surface area contributed by atoms with Crippen LogP contribution in [0.5, 0.6) is 0 Å². The van der Waals surface area contributed by atoms with Crippen LogP contribution in [0.15, 0.2) is 0 Å². The monoisotopic (exact) mass is 166 g/mol. The molecule has 0 radical (unpaired) electrons. The van der Waals surface area contributed by atoms with Gasteiger partial charge in [0.25, 0.3) is 0 Å². The zero-order valence-corrected chi connectivity index (χ0v) is 6.65. The number of hydrogen-bond acceptors (Lipinski definition) is 5. The first-order chi connectivity index (χ1) is 5.04. The number of rotatable bonds is 2. The van der Waals surface area contributed by atoms with E-state index in [-0.39, 0.29) is 13.2 Å². The van der Waals surface area contributed by atoms with Crippen LogP contribution in [0, 0.1) is 0 Å². The molecule has 0 aromatic heterocycles. The number of esters is 1. The summed E-state index contributed by atoms with van der Waals surface area (Å²) in [5, 5.41) is 23.5. The Kier molecular flexibility index (Phi) is 11.0. The first-order valence-corrected chi connectivity index (χ1v) is 3.11. The van der Waals surface area contributed by atoms with Gasteiger partial charge >= 0.3 is 5.97 Å². The molecule has 0 amide bonds. The van der Waals surface area contributed by atoms with Crippen LogP contribution in [0.25, 0.3) is 0 Å². The molecule has 0 aromatic rings. The van der Waals surface area contributed by atoms with Gasteiger partial charge in [-0.15, -0.1) is 0 Å². The van der Waals surface area contributed by atoms with E-state index in [0.29, 0.717) is 0 Å². The quantitative estimate of drug-likeness (QED) is 0.356. The van der Waals surface area contributed by atoms with Gasteiger partial charge in [-0.2, -0.15) is 0 Å². The Labute approximate surface area is 65.2 Å². The van der Waals surface area contributed by atoms with Crippen molar-refractivity contribution >= 4 is 5.97 Å². The molecule has 0 aromatic carbocycles. The Morgan fingerprint density at radius 3 is 1.82 bits per heavy atom. The molecule has 0 aliphatic heterocycles. The molecule has 11 heavy (non-hydrogen) atoms. The molecule has 1 unspecified atom stereocenters. The fraction of sp³-hybridized carbons (Fsp3) is 0.833. The maximum absolute atomic E-state index is 9.87. The molecule has 0 fully saturated rings. The van der Waals surface area contributed by atoms with E-state index in [0.717, 1.165) is 0 Å². The Hall–Kier alpha value is -0.650. The minimum Gasteiger partial charge on any atom is -0.436 e. The van der Waals surface area contributed by atoms with E-state index in [4.69, 9.17) is 15.3 Å². The first-order valence-electron chi connectivity index (χ1n) is 3.11. The molecule has 0 heterocycles. The van der Waals surface area contributed by atoms with Gasteiger partial charge in [-0.3, -0.25) is 4.79 Å². The van der Waals surface area contributed by atoms with Crippen molar-refractivity contribution in [1.29, 1.82) is 0 Å². The van der Waals surface area contributed by atoms with Crippen molar-refractivity contribution in [1.82, 2.24) is 0 Å². The molecule has 0 bridgehead atoms. The van der Waals surface area contributed by atoms with Gasteiger partial charge < -0.3 is 20.1 Å². The van der Waals surface area contributed by atoms with Crippen LogP contribution in [0.1, 0.15) is 13.8 Å². The summed E-state index contributed by atoms with van der Waals surface area (Å²) in [6, 6.07) is 0. The average Bonchev–Trinajstić information content (AvgIpc) is 1.85. The minimum atomic E-state index is -0.975. The molecule has 1 atom stereocenters. The highest BCUT2D eigenvalue weighted by Gasteiger charge is 1.95. The molecule has 68 valence electrons. The highest BCUT2D eigenvalue weighted by Crippen LogP contribution is 1.81. The molecular formula is C6H14O5. The predicted octanol–water partition coefficient (Wildman–Crippen LogP) is -1.14. The highest BCUT2D eigenvalue weighted by molar-refractivity contribution is 5.65. The van der Waals surface area contributed by atoms with Crippen molar-refractivity contribution in [3.8, 4) is 0 Å². The highest BCUT2D eigenvalue weighted by atomic mass is 16.6. The summed E-state index contributed by atoms with van der Waals surface area (Å²) in [5.41, 5.74) is 0. The second kappa shape index (κ2) is 9.35. The average molecular weight is 166 g/mol. The third-order valence-corrected chi connectivity index (χ3v) is 0.437. The molecule has 0 saturated heterocycles. The van der Waals surface area contributed by atoms with Crippen LogP contribution in [0.4, 0.5) is 0 Å². The zero-order valence-electron chi connectivity index (χ0n) is 6.65. The van der Waals surface area contributed by atoms with Crippen LogP contribution in [-0.4, -0.2) is 40.8 Å². The number of hydrogen-bond donors (Lipinski definition) is 3. The van der Waals surface area contributed by atoms with Crippen molar-refractivity contribution in [3.63, 3.8) is 0 Å². The lowest BCUT2D eigenvalue weighted by molar-refractivity contribution is -0.161. The molecule has 0 aliphatic carbocycles. The Morgan fingerprint density at radius 1 is 1.45 bits per heavy atom. The van der Waals surface area contributed by atoms with Gasteiger partial charge in [0.1, 0.15) is 0 Å². The Balaban J connectivity index is 0. The second-order valence-electron chi connectivity index (χ2n) is 1.66. The number of aliphatic hydroxyl groups excluding tert-OH is 3. The normalized spacial score (nSPS) is 11.0. The van der Waals surface area contributed by atoms with E-state index in [1.54, 1.807) is 0 Å². The molecule has 0 saturated carbocycles. The van der Waals surface area contributed by atoms with Crippen LogP contribution in [0.3, 0.4) is 0 Å². The van der Waals surface area contributed by atoms with E-state index >= 15 is 0 Å². The molecule has 5 heteroatoms. The number of ether oxygens (including phenoxy) is 1. The summed E-state index contributed by atoms with van der Waals surface area (Å²) in [7, 11) is 0. The van der Waals surface area contributed by atoms with Gasteiger partial charge in [-0.1, -0.05) is 0 Å². The topological polar surface area (TPSA) is 87.0 Å². The van der Waals surface area contributed by atoms with Crippen molar-refractivity contribution in [2.45, 2.75) is 20.1 Å². The van der Waals surface area contributed by atoms with E-state index in [1.807, 2.05) is 0 Å². The van der Waals surface area contributed by atoms with Gasteiger partial charge in [-0.25, -0.2) is 0 Å². The third kappa shape index (κ3) is 26.7. The lowest BCUT2D eigenvalue weighted by atomic mass is 10.7. The van der Waals surface area contributed by atoms with Gasteiger partial charge in [-0.05, 0) is 6.92 Å². The summed E-state index contributed by atoms with van der Waals surface area (Å²) < 4.78 is 4.17. The zero-order chi connectivity index (χ0) is 9.28. The van der Waals surface area contributed by atoms with Crippen molar-refractivity contribution in [2.75, 3.05) is 13.2 Å². The summed E-state index contributed by atoms with van der Waals surface area (Å²) in [4.78, 5) is 9.87. The smallest absolute Gasteiger partial charge is 0.304 e. The van der Waals surface area contributed by atoms with Gasteiger partial charge in [0.15, 0.2) is 6.29 Å². The standard InChI is InChI=1S/C4H8O3.C2H6O2/c1-3(5)7-4(2)6;3-1-2-4/h3,5H,1-2H3;3-4H,1-2H2. The summed E-state index contributed by atoms with van der Waals surface area (Å²) in [6.07, 6.45) is -0.975. The van der Waals surface area contributed by atoms with Gasteiger partial charge in [0.2, 0.25) is 0 Å². The summed E-state index contributed by atoms with van der Waals surface area (Å²) in [5.74, 6) is -0.463. The van der Waals surface area contributed by atoms with Gasteiger partial charge in [0.05, 0.1) is 13.2 Å².